The Morgan fingerprint density at radius 3 is 0.627 bits per heavy atom. The lowest BCUT2D eigenvalue weighted by molar-refractivity contribution is -0.149. The molecule has 0 aromatic carbocycles. The molecule has 0 aliphatic heterocycles. The van der Waals surface area contributed by atoms with E-state index in [9.17, 15) is 67.1 Å². The smallest absolute Gasteiger partial charge is 0.408 e. The summed E-state index contributed by atoms with van der Waals surface area (Å²) in [5.74, 6) is -9.31. The van der Waals surface area contributed by atoms with E-state index in [1.54, 1.807) is 27.7 Å². The minimum Gasteiger partial charge on any atom is -0.467 e. The van der Waals surface area contributed by atoms with Crippen LogP contribution in [0.5, 0.6) is 0 Å². The lowest BCUT2D eigenvalue weighted by Gasteiger charge is -2.33. The van der Waals surface area contributed by atoms with Gasteiger partial charge in [0.2, 0.25) is 65.0 Å². The molecule has 28 heteroatoms. The number of rotatable bonds is 41. The molecule has 12 amide bonds. The van der Waals surface area contributed by atoms with Gasteiger partial charge in [0.1, 0.15) is 81.9 Å². The predicted molar refractivity (Wildman–Crippen MR) is 394 cm³/mol. The molecule has 8 atom stereocenters. The van der Waals surface area contributed by atoms with Crippen LogP contribution in [0.1, 0.15) is 259 Å². The maximum atomic E-state index is 14.4. The van der Waals surface area contributed by atoms with Gasteiger partial charge in [0.25, 0.3) is 0 Å². The van der Waals surface area contributed by atoms with E-state index in [4.69, 9.17) is 9.47 Å². The third-order valence-corrected chi connectivity index (χ3v) is 15.7. The van der Waals surface area contributed by atoms with E-state index in [0.717, 1.165) is 0 Å². The van der Waals surface area contributed by atoms with Crippen molar-refractivity contribution in [3.05, 3.63) is 0 Å². The highest BCUT2D eigenvalue weighted by Gasteiger charge is 2.42. The fourth-order valence-electron chi connectivity index (χ4n) is 10.2. The molecule has 102 heavy (non-hydrogen) atoms. The molecule has 0 aromatic rings. The van der Waals surface area contributed by atoms with Crippen molar-refractivity contribution in [3.8, 4) is 0 Å². The molecule has 0 unspecified atom stereocenters. The Bertz CT molecular complexity index is 2800. The quantitative estimate of drug-likeness (QED) is 0.0295. The largest absolute Gasteiger partial charge is 0.467 e. The molecule has 0 bridgehead atoms. The molecule has 12 N–H and O–H groups in total. The average molecular weight is 1450 g/mol. The Hall–Kier alpha value is -7.42. The summed E-state index contributed by atoms with van der Waals surface area (Å²) in [5.41, 5.74) is -7.32. The first-order valence-corrected chi connectivity index (χ1v) is 36.3. The van der Waals surface area contributed by atoms with E-state index in [1.807, 2.05) is 118 Å². The van der Waals surface area contributed by atoms with E-state index in [0.29, 0.717) is 6.42 Å². The number of ether oxygens (including phenoxy) is 2. The van der Waals surface area contributed by atoms with Crippen LogP contribution >= 0.6 is 0 Å². The molecular formula is C74H136N12O16. The molecule has 0 aromatic heterocycles. The van der Waals surface area contributed by atoms with Gasteiger partial charge in [0.15, 0.2) is 0 Å². The minimum absolute atomic E-state index is 0.0313. The van der Waals surface area contributed by atoms with Gasteiger partial charge < -0.3 is 78.1 Å². The first-order chi connectivity index (χ1) is 46.3. The Morgan fingerprint density at radius 2 is 0.461 bits per heavy atom. The molecule has 0 heterocycles. The topological polar surface area (TPSA) is 402 Å². The van der Waals surface area contributed by atoms with Crippen LogP contribution in [0.3, 0.4) is 0 Å². The van der Waals surface area contributed by atoms with Crippen LogP contribution < -0.4 is 63.8 Å². The van der Waals surface area contributed by atoms with Gasteiger partial charge in [-0.1, -0.05) is 118 Å². The number of amides is 12. The monoisotopic (exact) mass is 1450 g/mol. The number of carbonyl (C=O) groups is 14. The van der Waals surface area contributed by atoms with E-state index < -0.39 is 153 Å². The van der Waals surface area contributed by atoms with Crippen LogP contribution in [0.4, 0.5) is 4.79 Å². The lowest BCUT2D eigenvalue weighted by Crippen LogP contribution is -2.65. The number of alkyl carbamates (subject to hydrolysis) is 1. The maximum Gasteiger partial charge on any atom is 0.408 e. The summed E-state index contributed by atoms with van der Waals surface area (Å²) in [4.78, 5) is 191. The van der Waals surface area contributed by atoms with Crippen LogP contribution in [0.2, 0.25) is 0 Å². The number of carbonyl (C=O) groups excluding carboxylic acids is 14. The zero-order chi connectivity index (χ0) is 80.1. The first-order valence-electron chi connectivity index (χ1n) is 36.3. The van der Waals surface area contributed by atoms with Gasteiger partial charge in [-0.3, -0.25) is 52.7 Å². The summed E-state index contributed by atoms with van der Waals surface area (Å²) in [5, 5.41) is 32.8. The molecule has 0 spiro atoms. The molecule has 0 saturated carbocycles. The average Bonchev–Trinajstić information content (AvgIpc) is 0.839. The van der Waals surface area contributed by atoms with Gasteiger partial charge in [-0.25, -0.2) is 9.59 Å². The predicted octanol–water partition coefficient (Wildman–Crippen LogP) is 6.38. The number of Topliss-reactive ketones (excluding diaryl/α,β-unsaturated/α-hetero) is 1. The SMILES string of the molecule is CCC(C)=O.COC(=O)C(C)(C)NC(=O)[C@H](CC(C)C)NC(=O)[C@H](CC(C)C)NC(=O)C(C)(C)NC(=O)[C@@H](CC(C)C)NC(=O)[C@@H](CC(C)C)NC(=O)C(C)(C)NC(=O)[C@@H](CC(C)C)NC(=O)[C@@H](CC(C)C)NC(=O)C(C)(C)NC(=O)[C@H](CC(C)C)NC(=O)[C@H](CC(C)C)NC(=O)OC(C)(C)C. The fraction of sp³-hybridized carbons (Fsp3) is 0.811. The minimum atomic E-state index is -1.73. The van der Waals surface area contributed by atoms with Crippen molar-refractivity contribution in [3.63, 3.8) is 0 Å². The van der Waals surface area contributed by atoms with E-state index in [1.165, 1.54) is 62.5 Å². The second-order valence-corrected chi connectivity index (χ2v) is 33.6. The van der Waals surface area contributed by atoms with Crippen LogP contribution in [-0.4, -0.2) is 166 Å². The van der Waals surface area contributed by atoms with Crippen molar-refractivity contribution in [2.24, 2.45) is 47.3 Å². The van der Waals surface area contributed by atoms with Gasteiger partial charge in [-0.05, 0) is 182 Å². The molecule has 0 fully saturated rings. The highest BCUT2D eigenvalue weighted by molar-refractivity contribution is 6.01. The second kappa shape index (κ2) is 43.6. The summed E-state index contributed by atoms with van der Waals surface area (Å²) >= 11 is 0. The Morgan fingerprint density at radius 1 is 0.284 bits per heavy atom. The van der Waals surface area contributed by atoms with Crippen molar-refractivity contribution in [2.75, 3.05) is 7.11 Å². The number of ketones is 1. The van der Waals surface area contributed by atoms with Crippen molar-refractivity contribution >= 4 is 82.8 Å². The molecule has 28 nitrogen and oxygen atoms in total. The highest BCUT2D eigenvalue weighted by atomic mass is 16.6. The molecular weight excluding hydrogens is 1310 g/mol. The zero-order valence-corrected chi connectivity index (χ0v) is 67.6. The number of hydrogen-bond acceptors (Lipinski definition) is 16. The molecule has 0 rings (SSSR count). The van der Waals surface area contributed by atoms with E-state index >= 15 is 0 Å². The summed E-state index contributed by atoms with van der Waals surface area (Å²) in [6, 6.07) is -9.40. The molecule has 0 radical (unpaired) electrons. The van der Waals surface area contributed by atoms with Gasteiger partial charge in [-0.2, -0.15) is 0 Å². The lowest BCUT2D eigenvalue weighted by atomic mass is 9.96. The Balaban J connectivity index is 0. The summed E-state index contributed by atoms with van der Waals surface area (Å²) in [6.07, 6.45) is 1.00. The van der Waals surface area contributed by atoms with Gasteiger partial charge in [0, 0.05) is 6.42 Å². The van der Waals surface area contributed by atoms with Gasteiger partial charge in [0.05, 0.1) is 7.11 Å². The van der Waals surface area contributed by atoms with Crippen LogP contribution in [0, 0.1) is 47.3 Å². The van der Waals surface area contributed by atoms with Crippen LogP contribution in [0.25, 0.3) is 0 Å². The standard InChI is InChI=1S/C70H128N12O15.C4H8O/c1-37(2)29-45(53(83)71-50(34-42(11)12)58(88)80-68(22,23)62(92)77-47(31-39(5)6)55(85)73-52(36-44(15)16)60(90)82-70(26,27)64(94)96-28)75-61(91)67(20,21)79-57(87)49(33-41(9)10)72-54(84)46(30-38(3)4)76-63(93)69(24,25)81-59(89)51(35-43(13)14)74-56(86)48(32-40(7)8)78-65(95)97-66(17,18)19;1-3-4(2)5/h37-52H,29-36H2,1-28H3,(H,71,83)(H,72,84)(H,73,85)(H,74,86)(H,75,91)(H,76,93)(H,77,92)(H,78,95)(H,79,87)(H,80,88)(H,81,89)(H,82,90);3H2,1-2H3/t45-,46-,47+,48+,49-,50-,51+,52+;/m1./s1. The van der Waals surface area contributed by atoms with E-state index in [2.05, 4.69) is 63.8 Å². The maximum absolute atomic E-state index is 14.4. The van der Waals surface area contributed by atoms with Crippen molar-refractivity contribution in [1.82, 2.24) is 63.8 Å². The first kappa shape index (κ1) is 96.6. The number of methoxy groups -OCH3 is 1. The van der Waals surface area contributed by atoms with Gasteiger partial charge >= 0.3 is 12.1 Å². The van der Waals surface area contributed by atoms with Crippen molar-refractivity contribution in [2.45, 2.75) is 335 Å². The number of hydrogen-bond donors (Lipinski definition) is 12. The van der Waals surface area contributed by atoms with Gasteiger partial charge in [-0.15, -0.1) is 0 Å². The molecule has 0 aliphatic carbocycles. The Kier molecular flexibility index (Phi) is 41.3. The molecule has 0 saturated heterocycles. The number of esters is 1. The third kappa shape index (κ3) is 38.7. The normalized spacial score (nSPS) is 14.5. The van der Waals surface area contributed by atoms with Crippen LogP contribution in [-0.2, 0) is 71.8 Å². The van der Waals surface area contributed by atoms with E-state index in [-0.39, 0.29) is 104 Å². The highest BCUT2D eigenvalue weighted by Crippen LogP contribution is 2.19. The Labute approximate surface area is 609 Å². The molecule has 588 valence electrons. The summed E-state index contributed by atoms with van der Waals surface area (Å²) < 4.78 is 10.2. The summed E-state index contributed by atoms with van der Waals surface area (Å²) in [7, 11) is 1.19. The fourth-order valence-corrected chi connectivity index (χ4v) is 10.2. The second-order valence-electron chi connectivity index (χ2n) is 33.6. The zero-order valence-electron chi connectivity index (χ0n) is 67.6. The van der Waals surface area contributed by atoms with Crippen LogP contribution in [0.15, 0.2) is 0 Å². The van der Waals surface area contributed by atoms with Crippen molar-refractivity contribution < 1.29 is 76.6 Å². The number of nitrogens with one attached hydrogen (secondary N) is 12. The summed E-state index contributed by atoms with van der Waals surface area (Å²) in [6.45, 7) is 49.5. The van der Waals surface area contributed by atoms with Crippen molar-refractivity contribution in [1.29, 1.82) is 0 Å². The third-order valence-electron chi connectivity index (χ3n) is 15.7. The molecule has 0 aliphatic rings.